The van der Waals surface area contributed by atoms with Crippen LogP contribution in [0.2, 0.25) is 0 Å². The number of ether oxygens (including phenoxy) is 2. The maximum Gasteiger partial charge on any atom is 0.415 e. The molecular formula is C11H17F2O3P. The van der Waals surface area contributed by atoms with Crippen molar-refractivity contribution < 1.29 is 22.4 Å². The van der Waals surface area contributed by atoms with Crippen molar-refractivity contribution in [2.45, 2.75) is 18.9 Å². The molecule has 0 aliphatic carbocycles. The zero-order valence-electron chi connectivity index (χ0n) is 9.61. The van der Waals surface area contributed by atoms with Gasteiger partial charge in [-0.05, 0) is 6.42 Å². The van der Waals surface area contributed by atoms with E-state index in [-0.39, 0.29) is 13.2 Å². The van der Waals surface area contributed by atoms with Crippen molar-refractivity contribution in [3.05, 3.63) is 12.7 Å². The lowest BCUT2D eigenvalue weighted by atomic mass is 10.4. The van der Waals surface area contributed by atoms with E-state index in [1.165, 1.54) is 0 Å². The summed E-state index contributed by atoms with van der Waals surface area (Å²) in [6, 6.07) is 0. The molecule has 0 rings (SSSR count). The molecule has 98 valence electrons. The van der Waals surface area contributed by atoms with E-state index < -0.39 is 14.9 Å². The number of hydrogen-bond acceptors (Lipinski definition) is 3. The molecule has 1 unspecified atom stereocenters. The Morgan fingerprint density at radius 1 is 1.29 bits per heavy atom. The fraction of sp³-hybridized carbons (Fsp3) is 0.636. The molecule has 0 aromatic heterocycles. The highest BCUT2D eigenvalue weighted by Gasteiger charge is 2.17. The third-order valence-electron chi connectivity index (χ3n) is 1.69. The number of hydrogen-bond donors (Lipinski definition) is 0. The molecule has 0 heterocycles. The Kier molecular flexibility index (Phi) is 11.6. The van der Waals surface area contributed by atoms with Crippen molar-refractivity contribution in [1.29, 1.82) is 0 Å². The summed E-state index contributed by atoms with van der Waals surface area (Å²) in [7, 11) is -3.41. The van der Waals surface area contributed by atoms with Crippen molar-refractivity contribution in [3.8, 4) is 12.3 Å². The lowest BCUT2D eigenvalue weighted by Crippen LogP contribution is -2.24. The van der Waals surface area contributed by atoms with Gasteiger partial charge in [0.1, 0.15) is 6.10 Å². The van der Waals surface area contributed by atoms with Gasteiger partial charge in [0.2, 0.25) is 0 Å². The number of rotatable bonds is 11. The van der Waals surface area contributed by atoms with E-state index in [1.54, 1.807) is 6.08 Å². The second kappa shape index (κ2) is 11.9. The SMILES string of the molecule is C#CCCOCC(COCCC=C)OP(F)F. The maximum absolute atomic E-state index is 12.1. The third kappa shape index (κ3) is 11.7. The Balaban J connectivity index is 3.72. The van der Waals surface area contributed by atoms with Crippen LogP contribution in [0.5, 0.6) is 0 Å². The van der Waals surface area contributed by atoms with Gasteiger partial charge in [-0.15, -0.1) is 18.9 Å². The molecule has 0 saturated heterocycles. The molecule has 0 N–H and O–H groups in total. The predicted octanol–water partition coefficient (Wildman–Crippen LogP) is 3.17. The summed E-state index contributed by atoms with van der Waals surface area (Å²) < 4.78 is 38.9. The highest BCUT2D eigenvalue weighted by Crippen LogP contribution is 2.41. The van der Waals surface area contributed by atoms with Crippen LogP contribution in [0, 0.1) is 12.3 Å². The average Bonchev–Trinajstić information content (AvgIpc) is 2.29. The maximum atomic E-state index is 12.1. The van der Waals surface area contributed by atoms with Crippen molar-refractivity contribution >= 4 is 8.77 Å². The van der Waals surface area contributed by atoms with Crippen molar-refractivity contribution in [1.82, 2.24) is 0 Å². The van der Waals surface area contributed by atoms with Gasteiger partial charge in [0.15, 0.2) is 0 Å². The smallest absolute Gasteiger partial charge is 0.378 e. The van der Waals surface area contributed by atoms with E-state index in [0.29, 0.717) is 26.1 Å². The van der Waals surface area contributed by atoms with Crippen LogP contribution in [0.3, 0.4) is 0 Å². The molecule has 0 aliphatic rings. The fourth-order valence-corrected chi connectivity index (χ4v) is 1.30. The summed E-state index contributed by atoms with van der Waals surface area (Å²) in [5, 5.41) is 0. The van der Waals surface area contributed by atoms with Gasteiger partial charge in [-0.3, -0.25) is 4.52 Å². The van der Waals surface area contributed by atoms with E-state index in [2.05, 4.69) is 17.0 Å². The minimum atomic E-state index is -3.41. The van der Waals surface area contributed by atoms with Crippen molar-refractivity contribution in [2.24, 2.45) is 0 Å². The second-order valence-electron chi connectivity index (χ2n) is 3.11. The first-order valence-electron chi connectivity index (χ1n) is 5.19. The van der Waals surface area contributed by atoms with Crippen LogP contribution in [0.25, 0.3) is 0 Å². The number of halogens is 2. The van der Waals surface area contributed by atoms with Gasteiger partial charge in [0.25, 0.3) is 0 Å². The Bertz CT molecular complexity index is 231. The molecule has 0 fully saturated rings. The van der Waals surface area contributed by atoms with Crippen LogP contribution in [0.1, 0.15) is 12.8 Å². The van der Waals surface area contributed by atoms with E-state index in [4.69, 9.17) is 15.9 Å². The molecule has 0 saturated carbocycles. The van der Waals surface area contributed by atoms with E-state index >= 15 is 0 Å². The zero-order valence-corrected chi connectivity index (χ0v) is 10.5. The van der Waals surface area contributed by atoms with Crippen molar-refractivity contribution in [2.75, 3.05) is 26.4 Å². The fourth-order valence-electron chi connectivity index (χ4n) is 0.949. The Labute approximate surface area is 102 Å². The molecule has 17 heavy (non-hydrogen) atoms. The van der Waals surface area contributed by atoms with E-state index in [0.717, 1.165) is 0 Å². The molecule has 0 aromatic rings. The first-order valence-corrected chi connectivity index (χ1v) is 6.23. The Morgan fingerprint density at radius 3 is 2.47 bits per heavy atom. The molecule has 6 heteroatoms. The lowest BCUT2D eigenvalue weighted by molar-refractivity contribution is -0.00415. The summed E-state index contributed by atoms with van der Waals surface area (Å²) in [6.07, 6.45) is 7.09. The van der Waals surface area contributed by atoms with Gasteiger partial charge in [0.05, 0.1) is 26.4 Å². The standard InChI is InChI=1S/C11H17F2O3P/c1-3-5-7-14-9-11(16-17(12)13)10-15-8-6-4-2/h1,4,11H,2,5-10H2. The van der Waals surface area contributed by atoms with Crippen LogP contribution in [0.15, 0.2) is 12.7 Å². The molecular weight excluding hydrogens is 249 g/mol. The average molecular weight is 266 g/mol. The minimum absolute atomic E-state index is 0.0580. The highest BCUT2D eigenvalue weighted by atomic mass is 31.2. The van der Waals surface area contributed by atoms with Gasteiger partial charge in [-0.2, -0.15) is 8.39 Å². The summed E-state index contributed by atoms with van der Waals surface area (Å²) >= 11 is 0. The molecule has 1 atom stereocenters. The quantitative estimate of drug-likeness (QED) is 0.249. The summed E-state index contributed by atoms with van der Waals surface area (Å²) in [5.41, 5.74) is 0. The summed E-state index contributed by atoms with van der Waals surface area (Å²) in [4.78, 5) is 0. The van der Waals surface area contributed by atoms with Crippen LogP contribution < -0.4 is 0 Å². The Hall–Kier alpha value is -0.530. The monoisotopic (exact) mass is 266 g/mol. The minimum Gasteiger partial charge on any atom is -0.378 e. The molecule has 0 spiro atoms. The second-order valence-corrected chi connectivity index (χ2v) is 3.73. The normalized spacial score (nSPS) is 12.4. The topological polar surface area (TPSA) is 27.7 Å². The van der Waals surface area contributed by atoms with E-state index in [1.807, 2.05) is 0 Å². The predicted molar refractivity (Wildman–Crippen MR) is 63.9 cm³/mol. The molecule has 0 aliphatic heterocycles. The van der Waals surface area contributed by atoms with Gasteiger partial charge < -0.3 is 9.47 Å². The van der Waals surface area contributed by atoms with E-state index in [9.17, 15) is 8.39 Å². The van der Waals surface area contributed by atoms with Gasteiger partial charge in [-0.1, -0.05) is 6.08 Å². The molecule has 0 aromatic carbocycles. The van der Waals surface area contributed by atoms with Crippen LogP contribution in [-0.2, 0) is 14.0 Å². The molecule has 0 radical (unpaired) electrons. The lowest BCUT2D eigenvalue weighted by Gasteiger charge is -2.16. The van der Waals surface area contributed by atoms with Gasteiger partial charge >= 0.3 is 8.77 Å². The summed E-state index contributed by atoms with van der Waals surface area (Å²) in [5.74, 6) is 2.39. The van der Waals surface area contributed by atoms with Gasteiger partial charge in [0, 0.05) is 6.42 Å². The van der Waals surface area contributed by atoms with Gasteiger partial charge in [-0.25, -0.2) is 0 Å². The molecule has 0 amide bonds. The largest absolute Gasteiger partial charge is 0.415 e. The van der Waals surface area contributed by atoms with Crippen LogP contribution in [0.4, 0.5) is 8.39 Å². The Morgan fingerprint density at radius 2 is 1.94 bits per heavy atom. The van der Waals surface area contributed by atoms with Crippen molar-refractivity contribution in [3.63, 3.8) is 0 Å². The molecule has 0 bridgehead atoms. The summed E-state index contributed by atoms with van der Waals surface area (Å²) in [6.45, 7) is 4.43. The first-order chi connectivity index (χ1) is 8.20. The third-order valence-corrected chi connectivity index (χ3v) is 2.15. The number of terminal acetylenes is 1. The van der Waals surface area contributed by atoms with Crippen LogP contribution in [-0.4, -0.2) is 32.5 Å². The van der Waals surface area contributed by atoms with Crippen LogP contribution >= 0.6 is 8.77 Å². The first kappa shape index (κ1) is 16.5. The highest BCUT2D eigenvalue weighted by molar-refractivity contribution is 7.40. The zero-order chi connectivity index (χ0) is 12.9. The molecule has 3 nitrogen and oxygen atoms in total.